The second-order valence-electron chi connectivity index (χ2n) is 3.35. The minimum atomic E-state index is 0.325. The van der Waals surface area contributed by atoms with E-state index >= 15 is 0 Å². The third-order valence-electron chi connectivity index (χ3n) is 2.39. The van der Waals surface area contributed by atoms with Gasteiger partial charge in [0.05, 0.1) is 0 Å². The van der Waals surface area contributed by atoms with Gasteiger partial charge in [0.25, 0.3) is 0 Å². The van der Waals surface area contributed by atoms with Crippen molar-refractivity contribution in [3.05, 3.63) is 23.8 Å². The SMILES string of the molecule is CCN(CC)Cc1cc(N)ccc1O. The zero-order chi connectivity index (χ0) is 10.6. The van der Waals surface area contributed by atoms with Crippen molar-refractivity contribution < 1.29 is 5.11 Å². The van der Waals surface area contributed by atoms with Crippen molar-refractivity contribution >= 4 is 5.69 Å². The van der Waals surface area contributed by atoms with Crippen molar-refractivity contribution in [3.8, 4) is 5.75 Å². The Morgan fingerprint density at radius 1 is 1.29 bits per heavy atom. The summed E-state index contributed by atoms with van der Waals surface area (Å²) in [6, 6.07) is 5.18. The number of aromatic hydroxyl groups is 1. The summed E-state index contributed by atoms with van der Waals surface area (Å²) in [5, 5.41) is 9.59. The van der Waals surface area contributed by atoms with Crippen LogP contribution < -0.4 is 5.73 Å². The van der Waals surface area contributed by atoms with Gasteiger partial charge in [-0.15, -0.1) is 0 Å². The highest BCUT2D eigenvalue weighted by Gasteiger charge is 2.05. The topological polar surface area (TPSA) is 49.5 Å². The smallest absolute Gasteiger partial charge is 0.120 e. The number of phenols is 1. The Labute approximate surface area is 85.2 Å². The van der Waals surface area contributed by atoms with Crippen LogP contribution in [0.3, 0.4) is 0 Å². The van der Waals surface area contributed by atoms with Crippen molar-refractivity contribution in [2.24, 2.45) is 0 Å². The van der Waals surface area contributed by atoms with Crippen LogP contribution in [0.4, 0.5) is 5.69 Å². The molecule has 0 aliphatic rings. The fourth-order valence-corrected chi connectivity index (χ4v) is 1.42. The zero-order valence-corrected chi connectivity index (χ0v) is 8.83. The van der Waals surface area contributed by atoms with Gasteiger partial charge in [-0.05, 0) is 31.3 Å². The van der Waals surface area contributed by atoms with E-state index in [9.17, 15) is 5.11 Å². The lowest BCUT2D eigenvalue weighted by Gasteiger charge is -2.18. The Bertz CT molecular complexity index is 295. The van der Waals surface area contributed by atoms with Gasteiger partial charge >= 0.3 is 0 Å². The van der Waals surface area contributed by atoms with Crippen LogP contribution in [0.25, 0.3) is 0 Å². The predicted octanol–water partition coefficient (Wildman–Crippen LogP) is 1.82. The molecule has 0 aliphatic carbocycles. The van der Waals surface area contributed by atoms with E-state index in [0.29, 0.717) is 11.4 Å². The molecule has 1 aromatic carbocycles. The van der Waals surface area contributed by atoms with Crippen molar-refractivity contribution in [2.45, 2.75) is 20.4 Å². The van der Waals surface area contributed by atoms with Crippen molar-refractivity contribution in [3.63, 3.8) is 0 Å². The second-order valence-corrected chi connectivity index (χ2v) is 3.35. The maximum absolute atomic E-state index is 9.59. The Morgan fingerprint density at radius 2 is 1.93 bits per heavy atom. The standard InChI is InChI=1S/C11H18N2O/c1-3-13(4-2)8-9-7-10(12)5-6-11(9)14/h5-7,14H,3-4,8,12H2,1-2H3. The molecule has 0 saturated heterocycles. The second kappa shape index (κ2) is 4.86. The number of benzene rings is 1. The molecular weight excluding hydrogens is 176 g/mol. The van der Waals surface area contributed by atoms with Crippen LogP contribution in [-0.4, -0.2) is 23.1 Å². The third-order valence-corrected chi connectivity index (χ3v) is 2.39. The summed E-state index contributed by atoms with van der Waals surface area (Å²) in [7, 11) is 0. The molecule has 0 radical (unpaired) electrons. The van der Waals surface area contributed by atoms with Gasteiger partial charge in [-0.2, -0.15) is 0 Å². The van der Waals surface area contributed by atoms with E-state index in [0.717, 1.165) is 25.2 Å². The Hall–Kier alpha value is -1.22. The lowest BCUT2D eigenvalue weighted by molar-refractivity contribution is 0.291. The monoisotopic (exact) mass is 194 g/mol. The molecule has 0 heterocycles. The van der Waals surface area contributed by atoms with Gasteiger partial charge in [-0.3, -0.25) is 4.90 Å². The predicted molar refractivity (Wildman–Crippen MR) is 59.1 cm³/mol. The lowest BCUT2D eigenvalue weighted by atomic mass is 10.1. The molecule has 0 unspecified atom stereocenters. The summed E-state index contributed by atoms with van der Waals surface area (Å²) in [5.74, 6) is 0.325. The summed E-state index contributed by atoms with van der Waals surface area (Å²) >= 11 is 0. The number of nitrogen functional groups attached to an aromatic ring is 1. The highest BCUT2D eigenvalue weighted by molar-refractivity contribution is 5.47. The first-order valence-corrected chi connectivity index (χ1v) is 4.97. The summed E-state index contributed by atoms with van der Waals surface area (Å²) in [6.07, 6.45) is 0. The highest BCUT2D eigenvalue weighted by atomic mass is 16.3. The minimum absolute atomic E-state index is 0.325. The first-order chi connectivity index (χ1) is 6.67. The Morgan fingerprint density at radius 3 is 2.50 bits per heavy atom. The zero-order valence-electron chi connectivity index (χ0n) is 8.83. The quantitative estimate of drug-likeness (QED) is 0.567. The van der Waals surface area contributed by atoms with Gasteiger partial charge in [0.15, 0.2) is 0 Å². The van der Waals surface area contributed by atoms with Crippen molar-refractivity contribution in [1.29, 1.82) is 0 Å². The Balaban J connectivity index is 2.79. The number of nitrogens with zero attached hydrogens (tertiary/aromatic N) is 1. The van der Waals surface area contributed by atoms with Gasteiger partial charge < -0.3 is 10.8 Å². The number of anilines is 1. The molecule has 78 valence electrons. The lowest BCUT2D eigenvalue weighted by Crippen LogP contribution is -2.22. The molecular formula is C11H18N2O. The van der Waals surface area contributed by atoms with Crippen LogP contribution in [0, 0.1) is 0 Å². The van der Waals surface area contributed by atoms with E-state index in [4.69, 9.17) is 5.73 Å². The van der Waals surface area contributed by atoms with E-state index in [-0.39, 0.29) is 0 Å². The summed E-state index contributed by atoms with van der Waals surface area (Å²) in [6.45, 7) is 6.92. The van der Waals surface area contributed by atoms with Crippen LogP contribution >= 0.6 is 0 Å². The van der Waals surface area contributed by atoms with E-state index in [1.165, 1.54) is 0 Å². The van der Waals surface area contributed by atoms with Gasteiger partial charge in [0.1, 0.15) is 5.75 Å². The molecule has 14 heavy (non-hydrogen) atoms. The molecule has 0 bridgehead atoms. The van der Waals surface area contributed by atoms with Crippen molar-refractivity contribution in [2.75, 3.05) is 18.8 Å². The third kappa shape index (κ3) is 2.64. The molecule has 0 aromatic heterocycles. The molecule has 3 heteroatoms. The van der Waals surface area contributed by atoms with Crippen LogP contribution in [-0.2, 0) is 6.54 Å². The first-order valence-electron chi connectivity index (χ1n) is 4.97. The van der Waals surface area contributed by atoms with Crippen LogP contribution in [0.15, 0.2) is 18.2 Å². The summed E-state index contributed by atoms with van der Waals surface area (Å²) in [5.41, 5.74) is 7.25. The van der Waals surface area contributed by atoms with E-state index in [1.54, 1.807) is 12.1 Å². The molecule has 0 atom stereocenters. The molecule has 0 aliphatic heterocycles. The maximum Gasteiger partial charge on any atom is 0.120 e. The van der Waals surface area contributed by atoms with Crippen LogP contribution in [0.1, 0.15) is 19.4 Å². The minimum Gasteiger partial charge on any atom is -0.508 e. The van der Waals surface area contributed by atoms with Crippen molar-refractivity contribution in [1.82, 2.24) is 4.90 Å². The van der Waals surface area contributed by atoms with Gasteiger partial charge in [0.2, 0.25) is 0 Å². The summed E-state index contributed by atoms with van der Waals surface area (Å²) < 4.78 is 0. The largest absolute Gasteiger partial charge is 0.508 e. The van der Waals surface area contributed by atoms with Crippen LogP contribution in [0.2, 0.25) is 0 Å². The highest BCUT2D eigenvalue weighted by Crippen LogP contribution is 2.21. The molecule has 0 saturated carbocycles. The van der Waals surface area contributed by atoms with Gasteiger partial charge in [-0.1, -0.05) is 13.8 Å². The molecule has 0 amide bonds. The first kappa shape index (κ1) is 10.9. The molecule has 0 spiro atoms. The maximum atomic E-state index is 9.59. The molecule has 3 N–H and O–H groups in total. The van der Waals surface area contributed by atoms with Crippen LogP contribution in [0.5, 0.6) is 5.75 Å². The number of rotatable bonds is 4. The fourth-order valence-electron chi connectivity index (χ4n) is 1.42. The number of phenolic OH excluding ortho intramolecular Hbond substituents is 1. The molecule has 3 nitrogen and oxygen atoms in total. The fraction of sp³-hybridized carbons (Fsp3) is 0.455. The van der Waals surface area contributed by atoms with Gasteiger partial charge in [0, 0.05) is 17.8 Å². The average Bonchev–Trinajstić information content (AvgIpc) is 2.19. The Kier molecular flexibility index (Phi) is 3.77. The average molecular weight is 194 g/mol. The van der Waals surface area contributed by atoms with E-state index < -0.39 is 0 Å². The molecule has 0 fully saturated rings. The number of nitrogens with two attached hydrogens (primary N) is 1. The number of hydrogen-bond acceptors (Lipinski definition) is 3. The summed E-state index contributed by atoms with van der Waals surface area (Å²) in [4.78, 5) is 2.23. The molecule has 1 rings (SSSR count). The normalized spacial score (nSPS) is 10.8. The molecule has 1 aromatic rings. The number of hydrogen-bond donors (Lipinski definition) is 2. The van der Waals surface area contributed by atoms with E-state index in [2.05, 4.69) is 18.7 Å². The van der Waals surface area contributed by atoms with E-state index in [1.807, 2.05) is 6.07 Å². The van der Waals surface area contributed by atoms with Gasteiger partial charge in [-0.25, -0.2) is 0 Å².